The molecular formula is C23H30N2O2. The smallest absolute Gasteiger partial charge is 0.187 e. The number of Topliss-reactive ketones (excluding diaryl/α,β-unsaturated/α-hetero) is 1. The molecule has 2 aromatic carbocycles. The Morgan fingerprint density at radius 3 is 2.33 bits per heavy atom. The SMILES string of the molecule is CCC(C(=O)c1ccc(C2CNCCO2)cc1)(c1ccc(C)cc1)N(C)C. The molecule has 1 heterocycles. The second-order valence-corrected chi connectivity index (χ2v) is 7.49. The molecule has 1 aliphatic heterocycles. The number of morpholine rings is 1. The van der Waals surface area contributed by atoms with Gasteiger partial charge < -0.3 is 10.1 Å². The highest BCUT2D eigenvalue weighted by molar-refractivity contribution is 6.03. The van der Waals surface area contributed by atoms with E-state index in [9.17, 15) is 4.79 Å². The lowest BCUT2D eigenvalue weighted by molar-refractivity contribution is 0.0277. The predicted molar refractivity (Wildman–Crippen MR) is 109 cm³/mol. The molecule has 2 aromatic rings. The maximum Gasteiger partial charge on any atom is 0.187 e. The van der Waals surface area contributed by atoms with E-state index in [1.807, 2.05) is 43.3 Å². The maximum absolute atomic E-state index is 13.6. The second-order valence-electron chi connectivity index (χ2n) is 7.49. The van der Waals surface area contributed by atoms with Crippen molar-refractivity contribution >= 4 is 5.78 Å². The molecule has 0 bridgehead atoms. The molecule has 0 spiro atoms. The Labute approximate surface area is 162 Å². The van der Waals surface area contributed by atoms with E-state index in [1.54, 1.807) is 0 Å². The highest BCUT2D eigenvalue weighted by Crippen LogP contribution is 2.34. The van der Waals surface area contributed by atoms with Crippen LogP contribution in [0.5, 0.6) is 0 Å². The molecule has 1 N–H and O–H groups in total. The Hall–Kier alpha value is -2.01. The van der Waals surface area contributed by atoms with E-state index in [4.69, 9.17) is 4.74 Å². The fraction of sp³-hybridized carbons (Fsp3) is 0.435. The van der Waals surface area contributed by atoms with E-state index in [0.29, 0.717) is 6.42 Å². The second kappa shape index (κ2) is 8.34. The Balaban J connectivity index is 1.93. The van der Waals surface area contributed by atoms with Crippen molar-refractivity contribution < 1.29 is 9.53 Å². The van der Waals surface area contributed by atoms with Crippen LogP contribution in [0.25, 0.3) is 0 Å². The van der Waals surface area contributed by atoms with Crippen molar-refractivity contribution in [3.8, 4) is 0 Å². The molecule has 0 saturated carbocycles. The third-order valence-electron chi connectivity index (χ3n) is 5.65. The molecular weight excluding hydrogens is 336 g/mol. The summed E-state index contributed by atoms with van der Waals surface area (Å²) in [4.78, 5) is 15.7. The summed E-state index contributed by atoms with van der Waals surface area (Å²) in [6.07, 6.45) is 0.768. The van der Waals surface area contributed by atoms with Crippen LogP contribution < -0.4 is 5.32 Å². The van der Waals surface area contributed by atoms with Gasteiger partial charge in [0.05, 0.1) is 12.7 Å². The fourth-order valence-corrected chi connectivity index (χ4v) is 3.97. The topological polar surface area (TPSA) is 41.6 Å². The number of ether oxygens (including phenoxy) is 1. The summed E-state index contributed by atoms with van der Waals surface area (Å²) < 4.78 is 5.82. The molecule has 4 heteroatoms. The number of rotatable bonds is 6. The fourth-order valence-electron chi connectivity index (χ4n) is 3.97. The zero-order valence-corrected chi connectivity index (χ0v) is 16.8. The highest BCUT2D eigenvalue weighted by Gasteiger charge is 2.41. The summed E-state index contributed by atoms with van der Waals surface area (Å²) in [7, 11) is 3.97. The van der Waals surface area contributed by atoms with Crippen LogP contribution in [0.15, 0.2) is 48.5 Å². The minimum absolute atomic E-state index is 0.0600. The lowest BCUT2D eigenvalue weighted by Gasteiger charge is -2.38. The highest BCUT2D eigenvalue weighted by atomic mass is 16.5. The summed E-state index contributed by atoms with van der Waals surface area (Å²) in [5.41, 5.74) is 3.41. The molecule has 2 atom stereocenters. The summed E-state index contributed by atoms with van der Waals surface area (Å²) in [6.45, 7) is 6.57. The Kier molecular flexibility index (Phi) is 6.10. The van der Waals surface area contributed by atoms with E-state index in [1.165, 1.54) is 5.56 Å². The summed E-state index contributed by atoms with van der Waals surface area (Å²) >= 11 is 0. The monoisotopic (exact) mass is 366 g/mol. The number of carbonyl (C=O) groups excluding carboxylic acids is 1. The van der Waals surface area contributed by atoms with E-state index in [0.717, 1.165) is 36.4 Å². The Bertz CT molecular complexity index is 762. The summed E-state index contributed by atoms with van der Waals surface area (Å²) in [6, 6.07) is 16.2. The van der Waals surface area contributed by atoms with Gasteiger partial charge in [0, 0.05) is 18.7 Å². The molecule has 4 nitrogen and oxygen atoms in total. The zero-order chi connectivity index (χ0) is 19.4. The van der Waals surface area contributed by atoms with Gasteiger partial charge in [0.25, 0.3) is 0 Å². The third kappa shape index (κ3) is 3.84. The first-order chi connectivity index (χ1) is 13.0. The first-order valence-electron chi connectivity index (χ1n) is 9.70. The number of nitrogens with zero attached hydrogens (tertiary/aromatic N) is 1. The minimum Gasteiger partial charge on any atom is -0.371 e. The molecule has 2 unspecified atom stereocenters. The number of aryl methyl sites for hydroxylation is 1. The van der Waals surface area contributed by atoms with Crippen LogP contribution in [0.4, 0.5) is 0 Å². The molecule has 1 aliphatic rings. The number of benzene rings is 2. The van der Waals surface area contributed by atoms with Crippen molar-refractivity contribution in [2.45, 2.75) is 31.9 Å². The van der Waals surface area contributed by atoms with Crippen LogP contribution in [0, 0.1) is 6.92 Å². The van der Waals surface area contributed by atoms with E-state index < -0.39 is 5.54 Å². The van der Waals surface area contributed by atoms with Gasteiger partial charge in [0.15, 0.2) is 5.78 Å². The molecule has 144 valence electrons. The normalized spacial score (nSPS) is 19.7. The average molecular weight is 367 g/mol. The summed E-state index contributed by atoms with van der Waals surface area (Å²) in [5, 5.41) is 3.35. The minimum atomic E-state index is -0.669. The number of ketones is 1. The van der Waals surface area contributed by atoms with E-state index >= 15 is 0 Å². The van der Waals surface area contributed by atoms with E-state index in [2.05, 4.69) is 43.4 Å². The lowest BCUT2D eigenvalue weighted by atomic mass is 9.79. The van der Waals surface area contributed by atoms with Crippen LogP contribution in [0.1, 0.15) is 46.5 Å². The number of nitrogens with one attached hydrogen (secondary N) is 1. The van der Waals surface area contributed by atoms with Crippen LogP contribution in [-0.2, 0) is 10.3 Å². The van der Waals surface area contributed by atoms with E-state index in [-0.39, 0.29) is 11.9 Å². The van der Waals surface area contributed by atoms with Gasteiger partial charge in [-0.2, -0.15) is 0 Å². The zero-order valence-electron chi connectivity index (χ0n) is 16.8. The molecule has 3 rings (SSSR count). The van der Waals surface area contributed by atoms with Crippen LogP contribution in [0.2, 0.25) is 0 Å². The molecule has 27 heavy (non-hydrogen) atoms. The van der Waals surface area contributed by atoms with Gasteiger partial charge in [-0.25, -0.2) is 0 Å². The largest absolute Gasteiger partial charge is 0.371 e. The van der Waals surface area contributed by atoms with Crippen molar-refractivity contribution in [1.82, 2.24) is 10.2 Å². The van der Waals surface area contributed by atoms with Gasteiger partial charge in [0.1, 0.15) is 5.54 Å². The Morgan fingerprint density at radius 2 is 1.81 bits per heavy atom. The molecule has 0 aromatic heterocycles. The average Bonchev–Trinajstić information content (AvgIpc) is 2.70. The standard InChI is InChI=1S/C23H30N2O2/c1-5-23(25(3)4,20-12-6-17(2)7-13-20)22(26)19-10-8-18(9-11-19)21-16-24-14-15-27-21/h6-13,21,24H,5,14-16H2,1-4H3. The van der Waals surface area contributed by atoms with Crippen LogP contribution in [0.3, 0.4) is 0 Å². The molecule has 0 radical (unpaired) electrons. The van der Waals surface area contributed by atoms with Crippen molar-refractivity contribution in [1.29, 1.82) is 0 Å². The number of hydrogen-bond acceptors (Lipinski definition) is 4. The van der Waals surface area contributed by atoms with Crippen molar-refractivity contribution in [3.05, 3.63) is 70.8 Å². The van der Waals surface area contributed by atoms with Crippen LogP contribution >= 0.6 is 0 Å². The molecule has 1 fully saturated rings. The lowest BCUT2D eigenvalue weighted by Crippen LogP contribution is -2.48. The first kappa shape index (κ1) is 19.7. The Morgan fingerprint density at radius 1 is 1.15 bits per heavy atom. The number of hydrogen-bond donors (Lipinski definition) is 1. The van der Waals surface area contributed by atoms with Gasteiger partial charge in [-0.05, 0) is 38.6 Å². The quantitative estimate of drug-likeness (QED) is 0.792. The molecule has 1 saturated heterocycles. The van der Waals surface area contributed by atoms with Gasteiger partial charge >= 0.3 is 0 Å². The molecule has 0 aliphatic carbocycles. The number of likely N-dealkylation sites (N-methyl/N-ethyl adjacent to an activating group) is 1. The third-order valence-corrected chi connectivity index (χ3v) is 5.65. The van der Waals surface area contributed by atoms with Crippen molar-refractivity contribution in [2.24, 2.45) is 0 Å². The van der Waals surface area contributed by atoms with Gasteiger partial charge in [-0.1, -0.05) is 61.0 Å². The molecule has 0 amide bonds. The summed E-state index contributed by atoms with van der Waals surface area (Å²) in [5.74, 6) is 0.132. The van der Waals surface area contributed by atoms with Gasteiger partial charge in [-0.15, -0.1) is 0 Å². The number of carbonyl (C=O) groups is 1. The van der Waals surface area contributed by atoms with Gasteiger partial charge in [-0.3, -0.25) is 9.69 Å². The van der Waals surface area contributed by atoms with Crippen LogP contribution in [-0.4, -0.2) is 44.5 Å². The first-order valence-corrected chi connectivity index (χ1v) is 9.70. The predicted octanol–water partition coefficient (Wildman–Crippen LogP) is 3.71. The van der Waals surface area contributed by atoms with Crippen molar-refractivity contribution in [3.63, 3.8) is 0 Å². The van der Waals surface area contributed by atoms with Gasteiger partial charge in [0.2, 0.25) is 0 Å². The van der Waals surface area contributed by atoms with Crippen molar-refractivity contribution in [2.75, 3.05) is 33.8 Å². The maximum atomic E-state index is 13.6.